The summed E-state index contributed by atoms with van der Waals surface area (Å²) < 4.78 is 5.67. The fourth-order valence-electron chi connectivity index (χ4n) is 2.59. The minimum atomic E-state index is -0.148. The third-order valence-electron chi connectivity index (χ3n) is 4.15. The first kappa shape index (κ1) is 19.8. The molecule has 0 saturated heterocycles. The first-order chi connectivity index (χ1) is 12.4. The van der Waals surface area contributed by atoms with Crippen LogP contribution in [0.25, 0.3) is 0 Å². The van der Waals surface area contributed by atoms with Gasteiger partial charge in [-0.05, 0) is 41.5 Å². The highest BCUT2D eigenvalue weighted by atomic mass is 16.5. The Labute approximate surface area is 157 Å². The normalized spacial score (nSPS) is 11.0. The molecule has 0 aromatic heterocycles. The summed E-state index contributed by atoms with van der Waals surface area (Å²) in [7, 11) is 0. The first-order valence-corrected chi connectivity index (χ1v) is 9.24. The maximum absolute atomic E-state index is 11.7. The Hall–Kier alpha value is -2.49. The molecule has 0 radical (unpaired) electrons. The van der Waals surface area contributed by atoms with Crippen LogP contribution in [0.1, 0.15) is 38.3 Å². The summed E-state index contributed by atoms with van der Waals surface area (Å²) in [6, 6.07) is 18.3. The molecule has 0 saturated carbocycles. The maximum Gasteiger partial charge on any atom is 0.314 e. The topological polar surface area (TPSA) is 50.4 Å². The number of aryl methyl sites for hydroxylation is 1. The van der Waals surface area contributed by atoms with Crippen molar-refractivity contribution in [1.82, 2.24) is 10.6 Å². The minimum Gasteiger partial charge on any atom is -0.492 e. The number of rotatable bonds is 8. The summed E-state index contributed by atoms with van der Waals surface area (Å²) in [5.41, 5.74) is 2.71. The Kier molecular flexibility index (Phi) is 7.52. The van der Waals surface area contributed by atoms with Gasteiger partial charge in [0.2, 0.25) is 0 Å². The number of amides is 2. The number of nitrogens with one attached hydrogen (secondary N) is 2. The molecule has 4 heteroatoms. The summed E-state index contributed by atoms with van der Waals surface area (Å²) in [5.74, 6) is 0.822. The van der Waals surface area contributed by atoms with Crippen molar-refractivity contribution in [3.8, 4) is 5.75 Å². The molecule has 2 aromatic carbocycles. The molecular formula is C22H30N2O2. The minimum absolute atomic E-state index is 0.138. The number of carbonyl (C=O) groups excluding carboxylic acids is 1. The smallest absolute Gasteiger partial charge is 0.314 e. The van der Waals surface area contributed by atoms with Gasteiger partial charge < -0.3 is 15.4 Å². The van der Waals surface area contributed by atoms with Gasteiger partial charge in [-0.25, -0.2) is 4.79 Å². The Morgan fingerprint density at radius 2 is 1.58 bits per heavy atom. The van der Waals surface area contributed by atoms with Crippen LogP contribution < -0.4 is 15.4 Å². The van der Waals surface area contributed by atoms with Crippen LogP contribution in [-0.2, 0) is 11.8 Å². The van der Waals surface area contributed by atoms with Crippen LogP contribution in [-0.4, -0.2) is 25.7 Å². The molecule has 140 valence electrons. The second kappa shape index (κ2) is 9.85. The van der Waals surface area contributed by atoms with Gasteiger partial charge in [0.15, 0.2) is 0 Å². The fraction of sp³-hybridized carbons (Fsp3) is 0.409. The van der Waals surface area contributed by atoms with Gasteiger partial charge in [-0.1, -0.05) is 63.2 Å². The van der Waals surface area contributed by atoms with E-state index < -0.39 is 0 Å². The van der Waals surface area contributed by atoms with Gasteiger partial charge in [0.25, 0.3) is 0 Å². The van der Waals surface area contributed by atoms with Crippen molar-refractivity contribution in [2.24, 2.45) is 0 Å². The van der Waals surface area contributed by atoms with Gasteiger partial charge in [-0.3, -0.25) is 0 Å². The zero-order valence-electron chi connectivity index (χ0n) is 16.0. The van der Waals surface area contributed by atoms with E-state index in [4.69, 9.17) is 4.74 Å². The van der Waals surface area contributed by atoms with Gasteiger partial charge in [0.1, 0.15) is 12.4 Å². The molecule has 0 atom stereocenters. The number of benzene rings is 2. The van der Waals surface area contributed by atoms with E-state index in [1.54, 1.807) is 0 Å². The lowest BCUT2D eigenvalue weighted by Gasteiger charge is -2.19. The quantitative estimate of drug-likeness (QED) is 0.695. The standard InChI is InChI=1S/C22H30N2O2/c1-22(2,3)19-11-13-20(14-12-19)26-17-16-24-21(25)23-15-7-10-18-8-5-4-6-9-18/h4-6,8-9,11-14H,7,10,15-17H2,1-3H3,(H2,23,24,25). The predicted octanol–water partition coefficient (Wildman–Crippen LogP) is 4.29. The fourth-order valence-corrected chi connectivity index (χ4v) is 2.59. The van der Waals surface area contributed by atoms with Gasteiger partial charge in [0.05, 0.1) is 6.54 Å². The largest absolute Gasteiger partial charge is 0.492 e. The second-order valence-corrected chi connectivity index (χ2v) is 7.39. The molecule has 26 heavy (non-hydrogen) atoms. The SMILES string of the molecule is CC(C)(C)c1ccc(OCCNC(=O)NCCCc2ccccc2)cc1. The lowest BCUT2D eigenvalue weighted by Crippen LogP contribution is -2.38. The molecule has 0 aliphatic carbocycles. The van der Waals surface area contributed by atoms with Crippen molar-refractivity contribution in [2.45, 2.75) is 39.0 Å². The molecular weight excluding hydrogens is 324 g/mol. The molecule has 0 spiro atoms. The summed E-state index contributed by atoms with van der Waals surface area (Å²) >= 11 is 0. The average molecular weight is 354 g/mol. The predicted molar refractivity (Wildman–Crippen MR) is 107 cm³/mol. The van der Waals surface area contributed by atoms with E-state index >= 15 is 0 Å². The highest BCUT2D eigenvalue weighted by Gasteiger charge is 2.12. The van der Waals surface area contributed by atoms with E-state index in [0.29, 0.717) is 19.7 Å². The molecule has 0 bridgehead atoms. The van der Waals surface area contributed by atoms with Crippen LogP contribution in [0.15, 0.2) is 54.6 Å². The lowest BCUT2D eigenvalue weighted by atomic mass is 9.87. The van der Waals surface area contributed by atoms with E-state index in [2.05, 4.69) is 55.7 Å². The summed E-state index contributed by atoms with van der Waals surface area (Å²) in [6.45, 7) is 8.15. The van der Waals surface area contributed by atoms with Crippen molar-refractivity contribution in [2.75, 3.05) is 19.7 Å². The molecule has 2 N–H and O–H groups in total. The van der Waals surface area contributed by atoms with Crippen LogP contribution in [0.5, 0.6) is 5.75 Å². The van der Waals surface area contributed by atoms with Crippen molar-refractivity contribution in [1.29, 1.82) is 0 Å². The number of ether oxygens (including phenoxy) is 1. The summed E-state index contributed by atoms with van der Waals surface area (Å²) in [4.78, 5) is 11.7. The molecule has 0 unspecified atom stereocenters. The molecule has 0 aliphatic rings. The third-order valence-corrected chi connectivity index (χ3v) is 4.15. The number of urea groups is 1. The zero-order valence-corrected chi connectivity index (χ0v) is 16.0. The molecule has 0 fully saturated rings. The van der Waals surface area contributed by atoms with Crippen molar-refractivity contribution >= 4 is 6.03 Å². The van der Waals surface area contributed by atoms with Crippen molar-refractivity contribution in [3.05, 3.63) is 65.7 Å². The van der Waals surface area contributed by atoms with Crippen molar-refractivity contribution < 1.29 is 9.53 Å². The molecule has 2 aromatic rings. The summed E-state index contributed by atoms with van der Waals surface area (Å²) in [5, 5.41) is 5.68. The molecule has 2 rings (SSSR count). The van der Waals surface area contributed by atoms with Crippen LogP contribution in [0.4, 0.5) is 4.79 Å². The Bertz CT molecular complexity index is 661. The highest BCUT2D eigenvalue weighted by molar-refractivity contribution is 5.73. The Morgan fingerprint density at radius 1 is 0.923 bits per heavy atom. The maximum atomic E-state index is 11.7. The second-order valence-electron chi connectivity index (χ2n) is 7.39. The first-order valence-electron chi connectivity index (χ1n) is 9.24. The van der Waals surface area contributed by atoms with E-state index in [9.17, 15) is 4.79 Å². The van der Waals surface area contributed by atoms with Gasteiger partial charge >= 0.3 is 6.03 Å². The third kappa shape index (κ3) is 7.18. The Balaban J connectivity index is 1.55. The van der Waals surface area contributed by atoms with Crippen LogP contribution in [0.2, 0.25) is 0 Å². The van der Waals surface area contributed by atoms with Crippen LogP contribution in [0.3, 0.4) is 0 Å². The number of carbonyl (C=O) groups is 1. The molecule has 2 amide bonds. The molecule has 0 aliphatic heterocycles. The van der Waals surface area contributed by atoms with E-state index in [0.717, 1.165) is 18.6 Å². The number of hydrogen-bond acceptors (Lipinski definition) is 2. The van der Waals surface area contributed by atoms with Crippen LogP contribution >= 0.6 is 0 Å². The van der Waals surface area contributed by atoms with Crippen LogP contribution in [0, 0.1) is 0 Å². The zero-order chi connectivity index (χ0) is 18.8. The average Bonchev–Trinajstić information content (AvgIpc) is 2.63. The highest BCUT2D eigenvalue weighted by Crippen LogP contribution is 2.24. The van der Waals surface area contributed by atoms with Gasteiger partial charge in [-0.15, -0.1) is 0 Å². The molecule has 4 nitrogen and oxygen atoms in total. The van der Waals surface area contributed by atoms with E-state index in [-0.39, 0.29) is 11.4 Å². The lowest BCUT2D eigenvalue weighted by molar-refractivity contribution is 0.236. The van der Waals surface area contributed by atoms with Crippen molar-refractivity contribution in [3.63, 3.8) is 0 Å². The molecule has 0 heterocycles. The van der Waals surface area contributed by atoms with Gasteiger partial charge in [0, 0.05) is 6.54 Å². The van der Waals surface area contributed by atoms with E-state index in [1.807, 2.05) is 30.3 Å². The summed E-state index contributed by atoms with van der Waals surface area (Å²) in [6.07, 6.45) is 1.89. The van der Waals surface area contributed by atoms with Gasteiger partial charge in [-0.2, -0.15) is 0 Å². The Morgan fingerprint density at radius 3 is 2.23 bits per heavy atom. The van der Waals surface area contributed by atoms with E-state index in [1.165, 1.54) is 11.1 Å². The monoisotopic (exact) mass is 354 g/mol. The number of hydrogen-bond donors (Lipinski definition) is 2.